The molecule has 0 saturated heterocycles. The van der Waals surface area contributed by atoms with Crippen molar-refractivity contribution in [3.8, 4) is 5.75 Å². The largest absolute Gasteiger partial charge is 0.490 e. The molecule has 36 heavy (non-hydrogen) atoms. The highest BCUT2D eigenvalue weighted by molar-refractivity contribution is 7.17. The average molecular weight is 512 g/mol. The van der Waals surface area contributed by atoms with Crippen LogP contribution in [0.2, 0.25) is 0 Å². The Morgan fingerprint density at radius 3 is 2.58 bits per heavy atom. The van der Waals surface area contributed by atoms with E-state index in [-0.39, 0.29) is 22.9 Å². The zero-order valence-corrected chi connectivity index (χ0v) is 20.1. The number of para-hydroxylation sites is 1. The minimum atomic E-state index is -1.20. The third-order valence-corrected chi connectivity index (χ3v) is 6.33. The molecule has 1 aromatic heterocycles. The minimum absolute atomic E-state index is 0.0721. The van der Waals surface area contributed by atoms with Gasteiger partial charge in [-0.15, -0.1) is 0 Å². The van der Waals surface area contributed by atoms with Gasteiger partial charge in [-0.2, -0.15) is 0 Å². The molecule has 0 bridgehead atoms. The van der Waals surface area contributed by atoms with E-state index in [1.54, 1.807) is 12.1 Å². The fraction of sp³-hybridized carbons (Fsp3) is 0.208. The lowest BCUT2D eigenvalue weighted by atomic mass is 10.1. The van der Waals surface area contributed by atoms with E-state index in [4.69, 9.17) is 9.47 Å². The maximum atomic E-state index is 13.2. The molecule has 0 N–H and O–H groups in total. The third-order valence-electron chi connectivity index (χ3n) is 5.27. The number of nitro groups is 1. The number of carbonyl (C=O) groups excluding carboxylic acids is 3. The van der Waals surface area contributed by atoms with E-state index >= 15 is 0 Å². The van der Waals surface area contributed by atoms with Crippen LogP contribution in [0.4, 0.5) is 27.8 Å². The van der Waals surface area contributed by atoms with Gasteiger partial charge < -0.3 is 19.1 Å². The van der Waals surface area contributed by atoms with Gasteiger partial charge >= 0.3 is 22.8 Å². The summed E-state index contributed by atoms with van der Waals surface area (Å²) in [5.74, 6) is -2.64. The van der Waals surface area contributed by atoms with Gasteiger partial charge in [-0.1, -0.05) is 29.5 Å². The van der Waals surface area contributed by atoms with Gasteiger partial charge in [0.15, 0.2) is 0 Å². The summed E-state index contributed by atoms with van der Waals surface area (Å²) in [4.78, 5) is 51.7. The molecule has 0 fully saturated rings. The predicted octanol–water partition coefficient (Wildman–Crippen LogP) is 4.20. The number of amides is 1. The number of esters is 2. The standard InChI is InChI=1S/C24H21N3O8S/c1-3-34-24(30)21(28)26(18-14-20(23(29)33-2)36-22(18)27(31)32)16-9-10-19-17(13-16)25(11-12-35-19)15-7-5-4-6-8-15/h4-10,13-14H,3,11-12H2,1-2H3. The smallest absolute Gasteiger partial charge is 0.397 e. The van der Waals surface area contributed by atoms with Crippen molar-refractivity contribution in [3.63, 3.8) is 0 Å². The second-order valence-electron chi connectivity index (χ2n) is 7.40. The van der Waals surface area contributed by atoms with Crippen molar-refractivity contribution >= 4 is 56.9 Å². The van der Waals surface area contributed by atoms with Gasteiger partial charge in [0.1, 0.15) is 22.9 Å². The zero-order valence-electron chi connectivity index (χ0n) is 19.3. The molecule has 0 aliphatic carbocycles. The number of hydrogen-bond donors (Lipinski definition) is 0. The van der Waals surface area contributed by atoms with Gasteiger partial charge in [-0.3, -0.25) is 19.8 Å². The Morgan fingerprint density at radius 1 is 1.17 bits per heavy atom. The highest BCUT2D eigenvalue weighted by Gasteiger charge is 2.35. The molecular weight excluding hydrogens is 490 g/mol. The van der Waals surface area contributed by atoms with Crippen LogP contribution in [-0.2, 0) is 19.1 Å². The summed E-state index contributed by atoms with van der Waals surface area (Å²) >= 11 is 0.537. The summed E-state index contributed by atoms with van der Waals surface area (Å²) in [7, 11) is 1.14. The Kier molecular flexibility index (Phi) is 7.15. The van der Waals surface area contributed by atoms with Crippen LogP contribution in [0.1, 0.15) is 16.6 Å². The van der Waals surface area contributed by atoms with Crippen LogP contribution >= 0.6 is 11.3 Å². The zero-order chi connectivity index (χ0) is 25.8. The van der Waals surface area contributed by atoms with E-state index in [0.717, 1.165) is 23.8 Å². The predicted molar refractivity (Wildman–Crippen MR) is 131 cm³/mol. The second-order valence-corrected chi connectivity index (χ2v) is 8.43. The third kappa shape index (κ3) is 4.70. The van der Waals surface area contributed by atoms with Crippen LogP contribution in [0.5, 0.6) is 5.75 Å². The fourth-order valence-corrected chi connectivity index (χ4v) is 4.61. The van der Waals surface area contributed by atoms with Crippen LogP contribution < -0.4 is 14.5 Å². The van der Waals surface area contributed by atoms with Gasteiger partial charge in [0.25, 0.3) is 0 Å². The summed E-state index contributed by atoms with van der Waals surface area (Å²) in [6.45, 7) is 2.39. The second kappa shape index (κ2) is 10.4. The van der Waals surface area contributed by atoms with Crippen molar-refractivity contribution in [2.45, 2.75) is 6.92 Å². The number of ether oxygens (including phenoxy) is 3. The van der Waals surface area contributed by atoms with Crippen LogP contribution in [0.25, 0.3) is 0 Å². The molecule has 4 rings (SSSR count). The number of methoxy groups -OCH3 is 1. The van der Waals surface area contributed by atoms with Gasteiger partial charge in [-0.05, 0) is 43.3 Å². The lowest BCUT2D eigenvalue weighted by Crippen LogP contribution is -2.35. The van der Waals surface area contributed by atoms with Gasteiger partial charge in [-0.25, -0.2) is 9.59 Å². The lowest BCUT2D eigenvalue weighted by Gasteiger charge is -2.32. The van der Waals surface area contributed by atoms with Crippen molar-refractivity contribution in [2.75, 3.05) is 36.7 Å². The van der Waals surface area contributed by atoms with Crippen molar-refractivity contribution < 1.29 is 33.5 Å². The number of fused-ring (bicyclic) bond motifs is 1. The topological polar surface area (TPSA) is 129 Å². The van der Waals surface area contributed by atoms with Crippen molar-refractivity contribution in [1.82, 2.24) is 0 Å². The van der Waals surface area contributed by atoms with Crippen molar-refractivity contribution in [3.05, 3.63) is 69.6 Å². The molecule has 2 heterocycles. The average Bonchev–Trinajstić information content (AvgIpc) is 3.34. The lowest BCUT2D eigenvalue weighted by molar-refractivity contribution is -0.379. The number of carbonyl (C=O) groups is 3. The molecule has 0 atom stereocenters. The van der Waals surface area contributed by atoms with E-state index in [1.165, 1.54) is 13.0 Å². The monoisotopic (exact) mass is 511 g/mol. The molecule has 0 spiro atoms. The first kappa shape index (κ1) is 24.7. The highest BCUT2D eigenvalue weighted by atomic mass is 32.1. The molecule has 0 unspecified atom stereocenters. The molecule has 3 aromatic rings. The van der Waals surface area contributed by atoms with Crippen LogP contribution in [0, 0.1) is 10.1 Å². The van der Waals surface area contributed by atoms with Crippen molar-refractivity contribution in [1.29, 1.82) is 0 Å². The van der Waals surface area contributed by atoms with Crippen LogP contribution in [0.15, 0.2) is 54.6 Å². The quantitative estimate of drug-likeness (QED) is 0.207. The number of hydrogen-bond acceptors (Lipinski definition) is 10. The molecule has 1 aliphatic rings. The first-order valence-electron chi connectivity index (χ1n) is 10.8. The Bertz CT molecular complexity index is 1320. The molecule has 186 valence electrons. The minimum Gasteiger partial charge on any atom is -0.490 e. The molecule has 0 saturated carbocycles. The first-order valence-corrected chi connectivity index (χ1v) is 11.6. The number of nitrogens with zero attached hydrogens (tertiary/aromatic N) is 3. The van der Waals surface area contributed by atoms with Gasteiger partial charge in [0, 0.05) is 5.69 Å². The van der Waals surface area contributed by atoms with E-state index in [0.29, 0.717) is 35.9 Å². The SMILES string of the molecule is CCOC(=O)C(=O)N(c1ccc2c(c1)N(c1ccccc1)CCO2)c1cc(C(=O)OC)sc1[N+](=O)[O-]. The molecule has 11 nitrogen and oxygen atoms in total. The fourth-order valence-electron chi connectivity index (χ4n) is 3.74. The first-order chi connectivity index (χ1) is 17.3. The normalized spacial score (nSPS) is 12.2. The van der Waals surface area contributed by atoms with Gasteiger partial charge in [0.2, 0.25) is 0 Å². The molecule has 12 heteroatoms. The molecule has 0 radical (unpaired) electrons. The number of thiophene rings is 1. The van der Waals surface area contributed by atoms with Crippen LogP contribution in [0.3, 0.4) is 0 Å². The molecule has 1 amide bonds. The van der Waals surface area contributed by atoms with E-state index in [9.17, 15) is 24.5 Å². The Balaban J connectivity index is 1.89. The number of rotatable bonds is 6. The summed E-state index contributed by atoms with van der Waals surface area (Å²) in [5.41, 5.74) is 1.36. The summed E-state index contributed by atoms with van der Waals surface area (Å²) in [5, 5.41) is 11.3. The number of benzene rings is 2. The molecular formula is C24H21N3O8S. The van der Waals surface area contributed by atoms with E-state index in [1.807, 2.05) is 35.2 Å². The summed E-state index contributed by atoms with van der Waals surface area (Å²) in [6, 6.07) is 15.3. The van der Waals surface area contributed by atoms with Crippen LogP contribution in [-0.4, -0.2) is 49.6 Å². The Morgan fingerprint density at radius 2 is 1.92 bits per heavy atom. The Labute approximate surface area is 209 Å². The highest BCUT2D eigenvalue weighted by Crippen LogP contribution is 2.44. The van der Waals surface area contributed by atoms with Crippen molar-refractivity contribution in [2.24, 2.45) is 0 Å². The van der Waals surface area contributed by atoms with E-state index in [2.05, 4.69) is 4.74 Å². The maximum Gasteiger partial charge on any atom is 0.397 e. The molecule has 1 aliphatic heterocycles. The molecule has 2 aromatic carbocycles. The van der Waals surface area contributed by atoms with E-state index < -0.39 is 27.8 Å². The van der Waals surface area contributed by atoms with Gasteiger partial charge in [0.05, 0.1) is 36.6 Å². The maximum absolute atomic E-state index is 13.2. The Hall–Kier alpha value is -4.45. The summed E-state index contributed by atoms with van der Waals surface area (Å²) in [6.07, 6.45) is 0. The summed E-state index contributed by atoms with van der Waals surface area (Å²) < 4.78 is 15.3. The number of anilines is 4.